The summed E-state index contributed by atoms with van der Waals surface area (Å²) in [5, 5.41) is 12.3. The molecule has 1 N–H and O–H groups in total. The standard InChI is InChI=1S/C16H29N5/c1-15(2,3)21-12-14(18-19-21)11-20-10-9-17-13-16(20)7-5-4-6-8-16/h12,17H,4-11,13H2,1-3H3. The van der Waals surface area contributed by atoms with E-state index in [1.165, 1.54) is 32.1 Å². The fraction of sp³-hybridized carbons (Fsp3) is 0.875. The Bertz CT molecular complexity index is 459. The summed E-state index contributed by atoms with van der Waals surface area (Å²) in [6.07, 6.45) is 8.91. The van der Waals surface area contributed by atoms with E-state index in [2.05, 4.69) is 47.5 Å². The molecule has 3 rings (SSSR count). The molecule has 1 saturated heterocycles. The summed E-state index contributed by atoms with van der Waals surface area (Å²) in [5.74, 6) is 0. The first-order valence-corrected chi connectivity index (χ1v) is 8.37. The van der Waals surface area contributed by atoms with Crippen molar-refractivity contribution < 1.29 is 0 Å². The van der Waals surface area contributed by atoms with Crippen LogP contribution < -0.4 is 5.32 Å². The summed E-state index contributed by atoms with van der Waals surface area (Å²) in [5.41, 5.74) is 1.48. The largest absolute Gasteiger partial charge is 0.314 e. The second kappa shape index (κ2) is 5.69. The molecule has 2 aliphatic rings. The van der Waals surface area contributed by atoms with Crippen LogP contribution in [-0.4, -0.2) is 45.1 Å². The van der Waals surface area contributed by atoms with Gasteiger partial charge in [0.2, 0.25) is 0 Å². The Balaban J connectivity index is 1.74. The fourth-order valence-corrected chi connectivity index (χ4v) is 3.73. The second-order valence-corrected chi connectivity index (χ2v) is 7.71. The first-order chi connectivity index (χ1) is 10.00. The van der Waals surface area contributed by atoms with E-state index in [-0.39, 0.29) is 5.54 Å². The predicted octanol–water partition coefficient (Wildman–Crippen LogP) is 2.14. The number of hydrogen-bond donors (Lipinski definition) is 1. The van der Waals surface area contributed by atoms with Gasteiger partial charge in [0.25, 0.3) is 0 Å². The molecule has 1 saturated carbocycles. The zero-order valence-corrected chi connectivity index (χ0v) is 13.7. The van der Waals surface area contributed by atoms with Gasteiger partial charge in [-0.25, -0.2) is 4.68 Å². The van der Waals surface area contributed by atoms with Gasteiger partial charge in [0.05, 0.1) is 17.4 Å². The fourth-order valence-electron chi connectivity index (χ4n) is 3.73. The Labute approximate surface area is 128 Å². The number of nitrogens with zero attached hydrogens (tertiary/aromatic N) is 4. The van der Waals surface area contributed by atoms with Crippen LogP contribution >= 0.6 is 0 Å². The van der Waals surface area contributed by atoms with Gasteiger partial charge in [-0.15, -0.1) is 5.10 Å². The number of aromatic nitrogens is 3. The summed E-state index contributed by atoms with van der Waals surface area (Å²) >= 11 is 0. The molecule has 0 atom stereocenters. The van der Waals surface area contributed by atoms with E-state index < -0.39 is 0 Å². The van der Waals surface area contributed by atoms with Gasteiger partial charge in [0, 0.05) is 31.7 Å². The summed E-state index contributed by atoms with van der Waals surface area (Å²) < 4.78 is 1.98. The van der Waals surface area contributed by atoms with Gasteiger partial charge < -0.3 is 5.32 Å². The van der Waals surface area contributed by atoms with Crippen molar-refractivity contribution >= 4 is 0 Å². The van der Waals surface area contributed by atoms with Crippen LogP contribution in [0.15, 0.2) is 6.20 Å². The van der Waals surface area contributed by atoms with Crippen LogP contribution in [0, 0.1) is 0 Å². The first-order valence-electron chi connectivity index (χ1n) is 8.37. The lowest BCUT2D eigenvalue weighted by Crippen LogP contribution is -2.61. The minimum Gasteiger partial charge on any atom is -0.314 e. The summed E-state index contributed by atoms with van der Waals surface area (Å²) in [6, 6.07) is 0. The minimum absolute atomic E-state index is 0.0111. The van der Waals surface area contributed by atoms with Crippen LogP contribution in [0.4, 0.5) is 0 Å². The van der Waals surface area contributed by atoms with E-state index in [1.54, 1.807) is 0 Å². The van der Waals surface area contributed by atoms with Crippen LogP contribution in [0.1, 0.15) is 58.6 Å². The highest BCUT2D eigenvalue weighted by molar-refractivity contribution is 5.02. The Morgan fingerprint density at radius 1 is 1.24 bits per heavy atom. The van der Waals surface area contributed by atoms with Crippen molar-refractivity contribution in [1.82, 2.24) is 25.2 Å². The maximum atomic E-state index is 4.41. The number of hydrogen-bond acceptors (Lipinski definition) is 4. The highest BCUT2D eigenvalue weighted by Gasteiger charge is 2.39. The zero-order valence-electron chi connectivity index (χ0n) is 13.7. The van der Waals surface area contributed by atoms with Crippen molar-refractivity contribution in [3.8, 4) is 0 Å². The predicted molar refractivity (Wildman–Crippen MR) is 84.1 cm³/mol. The molecule has 2 fully saturated rings. The van der Waals surface area contributed by atoms with Crippen molar-refractivity contribution in [2.75, 3.05) is 19.6 Å². The molecule has 5 nitrogen and oxygen atoms in total. The third kappa shape index (κ3) is 3.14. The van der Waals surface area contributed by atoms with Gasteiger partial charge in [-0.1, -0.05) is 24.5 Å². The van der Waals surface area contributed by atoms with Crippen molar-refractivity contribution in [3.63, 3.8) is 0 Å². The first kappa shape index (κ1) is 15.0. The molecule has 1 aliphatic carbocycles. The lowest BCUT2D eigenvalue weighted by atomic mass is 9.79. The molecule has 1 aromatic heterocycles. The van der Waals surface area contributed by atoms with Crippen molar-refractivity contribution in [2.24, 2.45) is 0 Å². The smallest absolute Gasteiger partial charge is 0.0967 e. The summed E-state index contributed by atoms with van der Waals surface area (Å²) in [7, 11) is 0. The summed E-state index contributed by atoms with van der Waals surface area (Å²) in [4.78, 5) is 2.67. The van der Waals surface area contributed by atoms with Gasteiger partial charge in [-0.2, -0.15) is 0 Å². The molecule has 0 unspecified atom stereocenters. The third-order valence-corrected chi connectivity index (χ3v) is 5.05. The second-order valence-electron chi connectivity index (χ2n) is 7.71. The average Bonchev–Trinajstić information content (AvgIpc) is 2.91. The maximum Gasteiger partial charge on any atom is 0.0967 e. The molecular weight excluding hydrogens is 262 g/mol. The highest BCUT2D eigenvalue weighted by atomic mass is 15.4. The van der Waals surface area contributed by atoms with E-state index >= 15 is 0 Å². The minimum atomic E-state index is 0.0111. The van der Waals surface area contributed by atoms with E-state index in [0.29, 0.717) is 5.54 Å². The Morgan fingerprint density at radius 3 is 2.67 bits per heavy atom. The average molecular weight is 291 g/mol. The molecule has 0 radical (unpaired) electrons. The number of nitrogens with one attached hydrogen (secondary N) is 1. The molecule has 0 aromatic carbocycles. The van der Waals surface area contributed by atoms with Gasteiger partial charge in [0.15, 0.2) is 0 Å². The Kier molecular flexibility index (Phi) is 4.06. The normalized spacial score (nSPS) is 23.6. The molecule has 21 heavy (non-hydrogen) atoms. The third-order valence-electron chi connectivity index (χ3n) is 5.05. The number of piperazine rings is 1. The van der Waals surface area contributed by atoms with Crippen LogP contribution in [0.25, 0.3) is 0 Å². The van der Waals surface area contributed by atoms with E-state index in [0.717, 1.165) is 31.9 Å². The lowest BCUT2D eigenvalue weighted by Gasteiger charge is -2.49. The SMILES string of the molecule is CC(C)(C)n1cc(CN2CCNCC23CCCCC3)nn1. The summed E-state index contributed by atoms with van der Waals surface area (Å²) in [6.45, 7) is 10.8. The van der Waals surface area contributed by atoms with E-state index in [9.17, 15) is 0 Å². The van der Waals surface area contributed by atoms with Crippen LogP contribution in [-0.2, 0) is 12.1 Å². The van der Waals surface area contributed by atoms with E-state index in [1.807, 2.05) is 4.68 Å². The molecule has 0 bridgehead atoms. The number of rotatable bonds is 2. The van der Waals surface area contributed by atoms with Gasteiger partial charge in [-0.3, -0.25) is 4.90 Å². The highest BCUT2D eigenvalue weighted by Crippen LogP contribution is 2.35. The quantitative estimate of drug-likeness (QED) is 0.907. The molecule has 1 aromatic rings. The van der Waals surface area contributed by atoms with E-state index in [4.69, 9.17) is 0 Å². The molecule has 2 heterocycles. The van der Waals surface area contributed by atoms with Crippen LogP contribution in [0.3, 0.4) is 0 Å². The Morgan fingerprint density at radius 2 is 2.00 bits per heavy atom. The van der Waals surface area contributed by atoms with Crippen molar-refractivity contribution in [3.05, 3.63) is 11.9 Å². The molecule has 1 spiro atoms. The molecule has 5 heteroatoms. The molecule has 1 aliphatic heterocycles. The van der Waals surface area contributed by atoms with Gasteiger partial charge in [-0.05, 0) is 33.6 Å². The molecular formula is C16H29N5. The monoisotopic (exact) mass is 291 g/mol. The lowest BCUT2D eigenvalue weighted by molar-refractivity contribution is 0.0199. The van der Waals surface area contributed by atoms with Crippen LogP contribution in [0.2, 0.25) is 0 Å². The van der Waals surface area contributed by atoms with Crippen LogP contribution in [0.5, 0.6) is 0 Å². The van der Waals surface area contributed by atoms with Crippen molar-refractivity contribution in [2.45, 2.75) is 70.5 Å². The van der Waals surface area contributed by atoms with Gasteiger partial charge in [0.1, 0.15) is 0 Å². The van der Waals surface area contributed by atoms with Gasteiger partial charge >= 0.3 is 0 Å². The molecule has 0 amide bonds. The maximum absolute atomic E-state index is 4.41. The van der Waals surface area contributed by atoms with Crippen molar-refractivity contribution in [1.29, 1.82) is 0 Å². The molecule has 118 valence electrons. The zero-order chi connectivity index (χ0) is 14.9. The Hall–Kier alpha value is -0.940. The topological polar surface area (TPSA) is 46.0 Å².